The van der Waals surface area contributed by atoms with Crippen LogP contribution >= 0.6 is 0 Å². The lowest BCUT2D eigenvalue weighted by Gasteiger charge is -2.32. The van der Waals surface area contributed by atoms with Gasteiger partial charge in [-0.2, -0.15) is 0 Å². The molecule has 0 spiro atoms. The molecule has 1 saturated carbocycles. The van der Waals surface area contributed by atoms with E-state index in [4.69, 9.17) is 4.74 Å². The zero-order valence-corrected chi connectivity index (χ0v) is 16.1. The van der Waals surface area contributed by atoms with E-state index in [9.17, 15) is 4.79 Å². The van der Waals surface area contributed by atoms with Gasteiger partial charge in [0.05, 0.1) is 5.56 Å². The number of fused-ring (bicyclic) bond motifs is 2. The molecule has 0 heterocycles. The van der Waals surface area contributed by atoms with E-state index in [1.165, 1.54) is 30.4 Å². The van der Waals surface area contributed by atoms with Crippen LogP contribution in [0.15, 0.2) is 60.7 Å². The SMILES string of the molecule is CN(C)C[C@@H]1C(c2cccc(OC(=O)c3ccccc3)c2)=CC2CCC1C2. The van der Waals surface area contributed by atoms with Gasteiger partial charge in [-0.1, -0.05) is 36.4 Å². The number of hydrogen-bond donors (Lipinski definition) is 0. The van der Waals surface area contributed by atoms with Gasteiger partial charge in [0, 0.05) is 6.54 Å². The number of hydrogen-bond acceptors (Lipinski definition) is 3. The monoisotopic (exact) mass is 361 g/mol. The summed E-state index contributed by atoms with van der Waals surface area (Å²) >= 11 is 0. The lowest BCUT2D eigenvalue weighted by molar-refractivity contribution is 0.0734. The van der Waals surface area contributed by atoms with Crippen LogP contribution in [0.1, 0.15) is 35.2 Å². The third-order valence-corrected chi connectivity index (χ3v) is 5.85. The summed E-state index contributed by atoms with van der Waals surface area (Å²) in [7, 11) is 4.30. The molecular formula is C24H27NO2. The Hall–Kier alpha value is -2.39. The van der Waals surface area contributed by atoms with E-state index >= 15 is 0 Å². The van der Waals surface area contributed by atoms with E-state index in [0.717, 1.165) is 12.5 Å². The van der Waals surface area contributed by atoms with E-state index in [2.05, 4.69) is 31.1 Å². The predicted molar refractivity (Wildman–Crippen MR) is 109 cm³/mol. The molecule has 4 rings (SSSR count). The Morgan fingerprint density at radius 1 is 1.07 bits per heavy atom. The molecule has 1 fully saturated rings. The molecule has 2 aliphatic rings. The highest BCUT2D eigenvalue weighted by molar-refractivity contribution is 5.91. The van der Waals surface area contributed by atoms with E-state index in [0.29, 0.717) is 23.1 Å². The Kier molecular flexibility index (Phi) is 5.13. The number of carbonyl (C=O) groups excluding carboxylic acids is 1. The van der Waals surface area contributed by atoms with Gasteiger partial charge in [0.2, 0.25) is 0 Å². The zero-order chi connectivity index (χ0) is 18.8. The van der Waals surface area contributed by atoms with Crippen molar-refractivity contribution in [2.45, 2.75) is 19.3 Å². The van der Waals surface area contributed by atoms with Gasteiger partial charge in [0.15, 0.2) is 0 Å². The third kappa shape index (κ3) is 3.98. The van der Waals surface area contributed by atoms with Gasteiger partial charge >= 0.3 is 5.97 Å². The molecule has 3 nitrogen and oxygen atoms in total. The van der Waals surface area contributed by atoms with Crippen LogP contribution < -0.4 is 4.74 Å². The standard InChI is InChI=1S/C24H27NO2/c1-25(2)16-23-20-12-11-17(13-20)14-22(23)19-9-6-10-21(15-19)27-24(26)18-7-4-3-5-8-18/h3-10,14-15,17,20,23H,11-13,16H2,1-2H3/t17?,20?,23-/m0/s1. The normalized spacial score (nSPS) is 24.0. The molecule has 0 saturated heterocycles. The summed E-state index contributed by atoms with van der Waals surface area (Å²) in [6.07, 6.45) is 6.44. The van der Waals surface area contributed by atoms with E-state index < -0.39 is 0 Å². The smallest absolute Gasteiger partial charge is 0.343 e. The van der Waals surface area contributed by atoms with Crippen molar-refractivity contribution in [3.05, 3.63) is 71.8 Å². The van der Waals surface area contributed by atoms with Crippen LogP contribution in [0.25, 0.3) is 5.57 Å². The molecule has 0 aromatic heterocycles. The summed E-state index contributed by atoms with van der Waals surface area (Å²) in [4.78, 5) is 14.7. The molecule has 0 aliphatic heterocycles. The molecule has 27 heavy (non-hydrogen) atoms. The van der Waals surface area contributed by atoms with Gasteiger partial charge in [-0.05, 0) is 86.5 Å². The summed E-state index contributed by atoms with van der Waals surface area (Å²) in [5.41, 5.74) is 3.19. The molecule has 3 heteroatoms. The Bertz CT molecular complexity index is 840. The van der Waals surface area contributed by atoms with Crippen LogP contribution in [0, 0.1) is 17.8 Å². The van der Waals surface area contributed by atoms with Crippen LogP contribution in [0.4, 0.5) is 0 Å². The number of rotatable bonds is 5. The molecule has 0 N–H and O–H groups in total. The zero-order valence-electron chi connectivity index (χ0n) is 16.1. The van der Waals surface area contributed by atoms with Gasteiger partial charge in [-0.25, -0.2) is 4.79 Å². The Labute approximate surface area is 161 Å². The summed E-state index contributed by atoms with van der Waals surface area (Å²) in [6, 6.07) is 17.2. The highest BCUT2D eigenvalue weighted by Crippen LogP contribution is 2.48. The largest absolute Gasteiger partial charge is 0.423 e. The lowest BCUT2D eigenvalue weighted by atomic mass is 9.76. The molecule has 0 radical (unpaired) electrons. The number of allylic oxidation sites excluding steroid dienone is 1. The maximum atomic E-state index is 12.4. The Balaban J connectivity index is 1.59. The second-order valence-corrected chi connectivity index (χ2v) is 8.11. The van der Waals surface area contributed by atoms with Gasteiger partial charge in [-0.3, -0.25) is 0 Å². The van der Waals surface area contributed by atoms with Crippen molar-refractivity contribution in [1.29, 1.82) is 0 Å². The number of nitrogens with zero attached hydrogens (tertiary/aromatic N) is 1. The van der Waals surface area contributed by atoms with Crippen molar-refractivity contribution in [2.24, 2.45) is 17.8 Å². The Morgan fingerprint density at radius 2 is 1.89 bits per heavy atom. The van der Waals surface area contributed by atoms with Gasteiger partial charge in [-0.15, -0.1) is 0 Å². The average Bonchev–Trinajstić information content (AvgIpc) is 3.07. The number of ether oxygens (including phenoxy) is 1. The molecule has 3 atom stereocenters. The van der Waals surface area contributed by atoms with Crippen molar-refractivity contribution in [3.63, 3.8) is 0 Å². The van der Waals surface area contributed by atoms with Crippen molar-refractivity contribution in [1.82, 2.24) is 4.90 Å². The average molecular weight is 361 g/mol. The number of benzene rings is 2. The molecule has 0 amide bonds. The van der Waals surface area contributed by atoms with Crippen LogP contribution in [-0.2, 0) is 0 Å². The second kappa shape index (κ2) is 7.69. The maximum absolute atomic E-state index is 12.4. The van der Waals surface area contributed by atoms with Crippen molar-refractivity contribution < 1.29 is 9.53 Å². The summed E-state index contributed by atoms with van der Waals surface area (Å²) in [5.74, 6) is 2.34. The summed E-state index contributed by atoms with van der Waals surface area (Å²) in [6.45, 7) is 1.07. The molecule has 2 aliphatic carbocycles. The quantitative estimate of drug-likeness (QED) is 0.560. The van der Waals surface area contributed by atoms with Gasteiger partial charge < -0.3 is 9.64 Å². The van der Waals surface area contributed by atoms with E-state index in [1.54, 1.807) is 12.1 Å². The molecule has 2 aromatic carbocycles. The number of esters is 1. The van der Waals surface area contributed by atoms with Crippen LogP contribution in [0.5, 0.6) is 5.75 Å². The maximum Gasteiger partial charge on any atom is 0.343 e. The van der Waals surface area contributed by atoms with Crippen LogP contribution in [0.3, 0.4) is 0 Å². The minimum absolute atomic E-state index is 0.310. The molecule has 140 valence electrons. The first-order valence-corrected chi connectivity index (χ1v) is 9.84. The summed E-state index contributed by atoms with van der Waals surface area (Å²) < 4.78 is 5.64. The molecule has 2 unspecified atom stereocenters. The molecule has 2 aromatic rings. The van der Waals surface area contributed by atoms with Crippen molar-refractivity contribution >= 4 is 11.5 Å². The fraction of sp³-hybridized carbons (Fsp3) is 0.375. The fourth-order valence-corrected chi connectivity index (χ4v) is 4.63. The van der Waals surface area contributed by atoms with Crippen LogP contribution in [0.2, 0.25) is 0 Å². The van der Waals surface area contributed by atoms with E-state index in [1.807, 2.05) is 36.4 Å². The summed E-state index contributed by atoms with van der Waals surface area (Å²) in [5, 5.41) is 0. The molecular weight excluding hydrogens is 334 g/mol. The second-order valence-electron chi connectivity index (χ2n) is 8.11. The predicted octanol–water partition coefficient (Wildman–Crippen LogP) is 4.90. The van der Waals surface area contributed by atoms with Gasteiger partial charge in [0.1, 0.15) is 5.75 Å². The third-order valence-electron chi connectivity index (χ3n) is 5.85. The van der Waals surface area contributed by atoms with Gasteiger partial charge in [0.25, 0.3) is 0 Å². The minimum atomic E-state index is -0.310. The van der Waals surface area contributed by atoms with Crippen LogP contribution in [-0.4, -0.2) is 31.5 Å². The number of carbonyl (C=O) groups is 1. The fourth-order valence-electron chi connectivity index (χ4n) is 4.63. The topological polar surface area (TPSA) is 29.5 Å². The van der Waals surface area contributed by atoms with E-state index in [-0.39, 0.29) is 5.97 Å². The first kappa shape index (κ1) is 18.0. The minimum Gasteiger partial charge on any atom is -0.423 e. The van der Waals surface area contributed by atoms with Crippen molar-refractivity contribution in [2.75, 3.05) is 20.6 Å². The first-order chi connectivity index (χ1) is 13.1. The van der Waals surface area contributed by atoms with Crippen molar-refractivity contribution in [3.8, 4) is 5.75 Å². The molecule has 2 bridgehead atoms. The first-order valence-electron chi connectivity index (χ1n) is 9.84. The Morgan fingerprint density at radius 3 is 2.67 bits per heavy atom. The highest BCUT2D eigenvalue weighted by atomic mass is 16.5. The highest BCUT2D eigenvalue weighted by Gasteiger charge is 2.37. The lowest BCUT2D eigenvalue weighted by Crippen LogP contribution is -2.29.